The van der Waals surface area contributed by atoms with Gasteiger partial charge in [-0.25, -0.2) is 9.48 Å². The second-order valence-electron chi connectivity index (χ2n) is 8.88. The number of carbonyl (C=O) groups excluding carboxylic acids is 3. The first kappa shape index (κ1) is 26.5. The molecule has 7 nitrogen and oxygen atoms in total. The molecule has 0 saturated carbocycles. The fourth-order valence-electron chi connectivity index (χ4n) is 4.06. The molecule has 0 saturated heterocycles. The van der Waals surface area contributed by atoms with Crippen molar-refractivity contribution in [2.24, 2.45) is 0 Å². The van der Waals surface area contributed by atoms with Gasteiger partial charge in [0.1, 0.15) is 5.69 Å². The highest BCUT2D eigenvalue weighted by atomic mass is 32.1. The number of amides is 1. The number of rotatable bonds is 9. The van der Waals surface area contributed by atoms with Crippen LogP contribution in [0, 0.1) is 0 Å². The van der Waals surface area contributed by atoms with Crippen LogP contribution in [0.5, 0.6) is 0 Å². The Balaban J connectivity index is 1.39. The van der Waals surface area contributed by atoms with Gasteiger partial charge in [-0.15, -0.1) is 11.3 Å². The highest BCUT2D eigenvalue weighted by molar-refractivity contribution is 7.13. The third-order valence-electron chi connectivity index (χ3n) is 6.03. The number of carbonyl (C=O) groups is 3. The molecule has 0 radical (unpaired) electrons. The van der Waals surface area contributed by atoms with Crippen LogP contribution in [-0.2, 0) is 14.3 Å². The third kappa shape index (κ3) is 6.31. The molecule has 0 spiro atoms. The van der Waals surface area contributed by atoms with Crippen molar-refractivity contribution in [2.45, 2.75) is 13.0 Å². The highest BCUT2D eigenvalue weighted by Crippen LogP contribution is 2.29. The lowest BCUT2D eigenvalue weighted by molar-refractivity contribution is -0.149. The second-order valence-corrected chi connectivity index (χ2v) is 9.83. The quantitative estimate of drug-likeness (QED) is 0.125. The van der Waals surface area contributed by atoms with E-state index in [4.69, 9.17) is 9.84 Å². The predicted molar refractivity (Wildman–Crippen MR) is 156 cm³/mol. The molecule has 5 aromatic rings. The maximum Gasteiger partial charge on any atom is 0.331 e. The minimum Gasteiger partial charge on any atom is -0.444 e. The highest BCUT2D eigenvalue weighted by Gasteiger charge is 2.25. The number of aromatic nitrogens is 2. The van der Waals surface area contributed by atoms with E-state index in [2.05, 4.69) is 5.32 Å². The number of esters is 1. The van der Waals surface area contributed by atoms with Crippen LogP contribution in [-0.4, -0.2) is 27.4 Å². The number of anilines is 1. The molecule has 0 fully saturated rings. The van der Waals surface area contributed by atoms with Gasteiger partial charge >= 0.3 is 5.97 Å². The lowest BCUT2D eigenvalue weighted by Gasteiger charge is -2.17. The van der Waals surface area contributed by atoms with Crippen molar-refractivity contribution in [1.29, 1.82) is 0 Å². The van der Waals surface area contributed by atoms with Crippen molar-refractivity contribution in [1.82, 2.24) is 9.78 Å². The van der Waals surface area contributed by atoms with Gasteiger partial charge in [-0.05, 0) is 48.7 Å². The summed E-state index contributed by atoms with van der Waals surface area (Å²) in [6.45, 7) is 1.45. The van der Waals surface area contributed by atoms with E-state index in [1.54, 1.807) is 70.6 Å². The normalized spacial score (nSPS) is 11.7. The zero-order valence-electron chi connectivity index (χ0n) is 21.6. The Hall–Kier alpha value is -5.08. The number of ketones is 1. The topological polar surface area (TPSA) is 90.3 Å². The Kier molecular flexibility index (Phi) is 8.08. The van der Waals surface area contributed by atoms with Crippen molar-refractivity contribution in [3.05, 3.63) is 131 Å². The van der Waals surface area contributed by atoms with Gasteiger partial charge in [0.2, 0.25) is 6.10 Å². The van der Waals surface area contributed by atoms with Crippen molar-refractivity contribution in [3.8, 4) is 16.3 Å². The third-order valence-corrected chi connectivity index (χ3v) is 6.90. The van der Waals surface area contributed by atoms with E-state index in [1.165, 1.54) is 13.0 Å². The molecular weight excluding hydrogens is 522 g/mol. The van der Waals surface area contributed by atoms with Crippen molar-refractivity contribution < 1.29 is 19.1 Å². The molecule has 8 heteroatoms. The average molecular weight is 548 g/mol. The van der Waals surface area contributed by atoms with Crippen molar-refractivity contribution in [3.63, 3.8) is 0 Å². The number of ether oxygens (including phenoxy) is 1. The van der Waals surface area contributed by atoms with Crippen LogP contribution in [0.4, 0.5) is 5.69 Å². The first-order valence-electron chi connectivity index (χ1n) is 12.5. The summed E-state index contributed by atoms with van der Waals surface area (Å²) in [6.07, 6.45) is 3.57. The van der Waals surface area contributed by atoms with Gasteiger partial charge in [-0.3, -0.25) is 9.59 Å². The molecule has 0 aliphatic rings. The number of thiophene rings is 1. The molecule has 2 aromatic heterocycles. The Morgan fingerprint density at radius 1 is 0.925 bits per heavy atom. The predicted octanol–water partition coefficient (Wildman–Crippen LogP) is 6.74. The van der Waals surface area contributed by atoms with Gasteiger partial charge in [0, 0.05) is 34.7 Å². The van der Waals surface area contributed by atoms with E-state index in [1.807, 2.05) is 60.1 Å². The van der Waals surface area contributed by atoms with Gasteiger partial charge < -0.3 is 10.1 Å². The summed E-state index contributed by atoms with van der Waals surface area (Å²) >= 11 is 1.55. The van der Waals surface area contributed by atoms with Gasteiger partial charge in [-0.2, -0.15) is 5.10 Å². The number of Topliss-reactive ketones (excluding diaryl/α,β-unsaturated/α-hetero) is 1. The fourth-order valence-corrected chi connectivity index (χ4v) is 4.80. The van der Waals surface area contributed by atoms with E-state index < -0.39 is 18.0 Å². The summed E-state index contributed by atoms with van der Waals surface area (Å²) in [4.78, 5) is 39.0. The first-order chi connectivity index (χ1) is 19.5. The Morgan fingerprint density at radius 3 is 2.38 bits per heavy atom. The summed E-state index contributed by atoms with van der Waals surface area (Å²) in [5, 5.41) is 9.47. The van der Waals surface area contributed by atoms with Crippen LogP contribution in [0.25, 0.3) is 22.3 Å². The molecule has 0 unspecified atom stereocenters. The van der Waals surface area contributed by atoms with E-state index >= 15 is 0 Å². The summed E-state index contributed by atoms with van der Waals surface area (Å²) < 4.78 is 7.42. The monoisotopic (exact) mass is 547 g/mol. The minimum atomic E-state index is -1.21. The van der Waals surface area contributed by atoms with Gasteiger partial charge in [0.05, 0.1) is 10.6 Å². The SMILES string of the molecule is CC(=O)c1cccc(NC(=O)[C@@H](OC(=O)/C=C/c2cn(-c3ccccc3)nc2-c2cccs2)c2ccccc2)c1. The van der Waals surface area contributed by atoms with Crippen LogP contribution in [0.2, 0.25) is 0 Å². The molecule has 0 aliphatic carbocycles. The number of hydrogen-bond donors (Lipinski definition) is 1. The van der Waals surface area contributed by atoms with Crippen LogP contribution < -0.4 is 5.32 Å². The zero-order chi connectivity index (χ0) is 27.9. The number of benzene rings is 3. The molecule has 1 N–H and O–H groups in total. The number of nitrogens with zero attached hydrogens (tertiary/aromatic N) is 2. The largest absolute Gasteiger partial charge is 0.444 e. The summed E-state index contributed by atoms with van der Waals surface area (Å²) in [7, 11) is 0. The smallest absolute Gasteiger partial charge is 0.331 e. The van der Waals surface area contributed by atoms with Gasteiger partial charge in [0.15, 0.2) is 5.78 Å². The van der Waals surface area contributed by atoms with Crippen LogP contribution in [0.1, 0.15) is 34.5 Å². The fraction of sp³-hybridized carbons (Fsp3) is 0.0625. The maximum atomic E-state index is 13.3. The first-order valence-corrected chi connectivity index (χ1v) is 13.4. The van der Waals surface area contributed by atoms with Gasteiger partial charge in [-0.1, -0.05) is 66.7 Å². The lowest BCUT2D eigenvalue weighted by atomic mass is 10.1. The summed E-state index contributed by atoms with van der Waals surface area (Å²) in [5.41, 5.74) is 3.75. The second kappa shape index (κ2) is 12.2. The van der Waals surface area contributed by atoms with Gasteiger partial charge in [0.25, 0.3) is 5.91 Å². The Bertz CT molecular complexity index is 1660. The van der Waals surface area contributed by atoms with Crippen molar-refractivity contribution >= 4 is 40.8 Å². The molecule has 0 aliphatic heterocycles. The zero-order valence-corrected chi connectivity index (χ0v) is 22.4. The van der Waals surface area contributed by atoms with E-state index in [0.717, 1.165) is 21.8 Å². The van der Waals surface area contributed by atoms with Crippen LogP contribution in [0.15, 0.2) is 115 Å². The number of hydrogen-bond acceptors (Lipinski definition) is 6. The summed E-state index contributed by atoms with van der Waals surface area (Å²) in [6, 6.07) is 29.0. The molecule has 1 atom stereocenters. The van der Waals surface area contributed by atoms with E-state index in [9.17, 15) is 14.4 Å². The molecule has 40 heavy (non-hydrogen) atoms. The molecule has 1 amide bonds. The maximum absolute atomic E-state index is 13.3. The Labute approximate surface area is 235 Å². The van der Waals surface area contributed by atoms with E-state index in [0.29, 0.717) is 16.8 Å². The number of para-hydroxylation sites is 1. The molecule has 3 aromatic carbocycles. The summed E-state index contributed by atoms with van der Waals surface area (Å²) in [5.74, 6) is -1.35. The Morgan fingerprint density at radius 2 is 1.68 bits per heavy atom. The van der Waals surface area contributed by atoms with Crippen LogP contribution in [0.3, 0.4) is 0 Å². The molecule has 5 rings (SSSR count). The standard InChI is InChI=1S/C32H25N3O4S/c1-22(36)24-12-8-13-26(20-24)33-32(38)31(23-10-4-2-5-11-23)39-29(37)18-17-25-21-35(27-14-6-3-7-15-27)34-30(25)28-16-9-19-40-28/h2-21,31H,1H3,(H,33,38)/b18-17+/t31-/m0/s1. The molecule has 198 valence electrons. The minimum absolute atomic E-state index is 0.121. The lowest BCUT2D eigenvalue weighted by Crippen LogP contribution is -2.25. The molecule has 2 heterocycles. The number of nitrogens with one attached hydrogen (secondary N) is 1. The average Bonchev–Trinajstić information content (AvgIpc) is 3.66. The van der Waals surface area contributed by atoms with Crippen molar-refractivity contribution in [2.75, 3.05) is 5.32 Å². The van der Waals surface area contributed by atoms with Crippen LogP contribution >= 0.6 is 11.3 Å². The van der Waals surface area contributed by atoms with E-state index in [-0.39, 0.29) is 5.78 Å². The molecule has 0 bridgehead atoms. The molecular formula is C32H25N3O4S.